The number of nitrogens with one attached hydrogen (secondary N) is 1. The fourth-order valence-electron chi connectivity index (χ4n) is 3.70. The van der Waals surface area contributed by atoms with Gasteiger partial charge in [-0.1, -0.05) is 0 Å². The number of nitrogens with zero attached hydrogens (tertiary/aromatic N) is 3. The highest BCUT2D eigenvalue weighted by molar-refractivity contribution is 5.80. The summed E-state index contributed by atoms with van der Waals surface area (Å²) >= 11 is 0. The number of hydrogen-bond donors (Lipinski definition) is 1. The highest BCUT2D eigenvalue weighted by Crippen LogP contribution is 2.24. The Morgan fingerprint density at radius 1 is 1.32 bits per heavy atom. The molecule has 7 nitrogen and oxygen atoms in total. The van der Waals surface area contributed by atoms with Crippen LogP contribution in [0.25, 0.3) is 0 Å². The van der Waals surface area contributed by atoms with Crippen LogP contribution in [0.4, 0.5) is 0 Å². The first-order valence-corrected chi connectivity index (χ1v) is 8.92. The third kappa shape index (κ3) is 3.77. The van der Waals surface area contributed by atoms with Crippen molar-refractivity contribution in [2.75, 3.05) is 26.3 Å². The summed E-state index contributed by atoms with van der Waals surface area (Å²) in [5.74, 6) is 1.39. The average molecular weight is 344 g/mol. The maximum Gasteiger partial charge on any atom is 0.246 e. The van der Waals surface area contributed by atoms with E-state index < -0.39 is 0 Å². The lowest BCUT2D eigenvalue weighted by Crippen LogP contribution is -2.46. The second-order valence-corrected chi connectivity index (χ2v) is 6.83. The van der Waals surface area contributed by atoms with Gasteiger partial charge in [-0.15, -0.1) is 0 Å². The van der Waals surface area contributed by atoms with Gasteiger partial charge in [-0.25, -0.2) is 0 Å². The third-order valence-electron chi connectivity index (χ3n) is 5.04. The van der Waals surface area contributed by atoms with Gasteiger partial charge in [0.15, 0.2) is 0 Å². The van der Waals surface area contributed by atoms with Gasteiger partial charge in [-0.2, -0.15) is 5.10 Å². The molecule has 4 rings (SSSR count). The van der Waals surface area contributed by atoms with Crippen molar-refractivity contribution in [2.45, 2.75) is 32.0 Å². The van der Waals surface area contributed by atoms with Crippen molar-refractivity contribution >= 4 is 5.91 Å². The molecule has 134 valence electrons. The molecule has 0 saturated carbocycles. The van der Waals surface area contributed by atoms with E-state index in [1.165, 1.54) is 0 Å². The zero-order chi connectivity index (χ0) is 17.1. The molecule has 1 atom stereocenters. The van der Waals surface area contributed by atoms with Crippen LogP contribution < -0.4 is 5.32 Å². The molecule has 0 aromatic carbocycles. The van der Waals surface area contributed by atoms with Crippen molar-refractivity contribution in [3.63, 3.8) is 0 Å². The molecule has 1 amide bonds. The number of ether oxygens (including phenoxy) is 1. The average Bonchev–Trinajstić information content (AvgIpc) is 3.31. The number of carbonyl (C=O) groups excluding carboxylic acids is 1. The van der Waals surface area contributed by atoms with Gasteiger partial charge < -0.3 is 14.5 Å². The largest absolute Gasteiger partial charge is 0.467 e. The Morgan fingerprint density at radius 2 is 2.20 bits per heavy atom. The second-order valence-electron chi connectivity index (χ2n) is 6.83. The standard InChI is InChI=1S/C18H24N4O3/c23-18(19-10-16-2-1-7-25-16)17-13-21(11-14-4-8-24-9-5-14)12-15-3-6-20-22(15)17/h1-3,6-7,14,17H,4-5,8-13H2,(H,19,23). The highest BCUT2D eigenvalue weighted by atomic mass is 16.5. The molecule has 2 aliphatic rings. The molecule has 0 spiro atoms. The molecule has 25 heavy (non-hydrogen) atoms. The van der Waals surface area contributed by atoms with E-state index in [4.69, 9.17) is 9.15 Å². The van der Waals surface area contributed by atoms with E-state index in [0.717, 1.165) is 50.6 Å². The summed E-state index contributed by atoms with van der Waals surface area (Å²) in [5.41, 5.74) is 1.09. The first-order valence-electron chi connectivity index (χ1n) is 8.92. The summed E-state index contributed by atoms with van der Waals surface area (Å²) in [5, 5.41) is 7.34. The van der Waals surface area contributed by atoms with Crippen molar-refractivity contribution in [3.8, 4) is 0 Å². The molecule has 1 N–H and O–H groups in total. The molecule has 1 unspecified atom stereocenters. The maximum atomic E-state index is 12.7. The Hall–Kier alpha value is -2.12. The number of rotatable bonds is 5. The summed E-state index contributed by atoms with van der Waals surface area (Å²) in [6.07, 6.45) is 5.60. The first-order chi connectivity index (χ1) is 12.3. The maximum absolute atomic E-state index is 12.7. The molecule has 1 fully saturated rings. The van der Waals surface area contributed by atoms with Crippen LogP contribution in [0.1, 0.15) is 30.3 Å². The predicted octanol–water partition coefficient (Wildman–Crippen LogP) is 1.58. The van der Waals surface area contributed by atoms with E-state index >= 15 is 0 Å². The van der Waals surface area contributed by atoms with Crippen molar-refractivity contribution < 1.29 is 13.9 Å². The van der Waals surface area contributed by atoms with E-state index in [-0.39, 0.29) is 11.9 Å². The predicted molar refractivity (Wildman–Crippen MR) is 90.6 cm³/mol. The molecule has 7 heteroatoms. The Balaban J connectivity index is 1.42. The molecule has 1 saturated heterocycles. The minimum Gasteiger partial charge on any atom is -0.467 e. The summed E-state index contributed by atoms with van der Waals surface area (Å²) in [6.45, 7) is 4.65. The van der Waals surface area contributed by atoms with E-state index in [2.05, 4.69) is 15.3 Å². The SMILES string of the molecule is O=C(NCc1ccco1)C1CN(CC2CCOCC2)Cc2ccnn21. The van der Waals surface area contributed by atoms with Crippen LogP contribution in [0.3, 0.4) is 0 Å². The summed E-state index contributed by atoms with van der Waals surface area (Å²) in [6, 6.07) is 5.39. The normalized spacial score (nSPS) is 21.8. The molecular weight excluding hydrogens is 320 g/mol. The molecular formula is C18H24N4O3. The van der Waals surface area contributed by atoms with Gasteiger partial charge >= 0.3 is 0 Å². The molecule has 0 bridgehead atoms. The monoisotopic (exact) mass is 344 g/mol. The molecule has 4 heterocycles. The highest BCUT2D eigenvalue weighted by Gasteiger charge is 2.32. The zero-order valence-corrected chi connectivity index (χ0v) is 14.3. The quantitative estimate of drug-likeness (QED) is 0.891. The summed E-state index contributed by atoms with van der Waals surface area (Å²) < 4.78 is 12.6. The lowest BCUT2D eigenvalue weighted by atomic mass is 9.99. The van der Waals surface area contributed by atoms with Gasteiger partial charge in [-0.3, -0.25) is 14.4 Å². The van der Waals surface area contributed by atoms with Crippen LogP contribution in [-0.4, -0.2) is 46.9 Å². The van der Waals surface area contributed by atoms with Crippen molar-refractivity contribution in [3.05, 3.63) is 42.1 Å². The fourth-order valence-corrected chi connectivity index (χ4v) is 3.70. The van der Waals surface area contributed by atoms with E-state index in [9.17, 15) is 4.79 Å². The Morgan fingerprint density at radius 3 is 3.00 bits per heavy atom. The van der Waals surface area contributed by atoms with Gasteiger partial charge in [0, 0.05) is 39.0 Å². The number of furan rings is 1. The van der Waals surface area contributed by atoms with Crippen molar-refractivity contribution in [1.29, 1.82) is 0 Å². The zero-order valence-electron chi connectivity index (χ0n) is 14.3. The van der Waals surface area contributed by atoms with Gasteiger partial charge in [0.2, 0.25) is 5.91 Å². The topological polar surface area (TPSA) is 72.5 Å². The number of carbonyl (C=O) groups is 1. The van der Waals surface area contributed by atoms with Gasteiger partial charge in [-0.05, 0) is 37.0 Å². The first kappa shape index (κ1) is 16.4. The minimum atomic E-state index is -0.298. The van der Waals surface area contributed by atoms with E-state index in [1.54, 1.807) is 12.5 Å². The number of amides is 1. The van der Waals surface area contributed by atoms with Crippen molar-refractivity contribution in [1.82, 2.24) is 20.0 Å². The second kappa shape index (κ2) is 7.41. The third-order valence-corrected chi connectivity index (χ3v) is 5.04. The Kier molecular flexibility index (Phi) is 4.85. The van der Waals surface area contributed by atoms with Crippen LogP contribution in [0.2, 0.25) is 0 Å². The van der Waals surface area contributed by atoms with Gasteiger partial charge in [0.05, 0.1) is 18.5 Å². The van der Waals surface area contributed by atoms with Gasteiger partial charge in [0.25, 0.3) is 0 Å². The van der Waals surface area contributed by atoms with Crippen molar-refractivity contribution in [2.24, 2.45) is 5.92 Å². The summed E-state index contributed by atoms with van der Waals surface area (Å²) in [7, 11) is 0. The van der Waals surface area contributed by atoms with Crippen LogP contribution in [0.15, 0.2) is 35.1 Å². The van der Waals surface area contributed by atoms with Crippen LogP contribution >= 0.6 is 0 Å². The van der Waals surface area contributed by atoms with Crippen LogP contribution in [0, 0.1) is 5.92 Å². The van der Waals surface area contributed by atoms with Crippen LogP contribution in [-0.2, 0) is 22.6 Å². The number of hydrogen-bond acceptors (Lipinski definition) is 5. The molecule has 2 aliphatic heterocycles. The smallest absolute Gasteiger partial charge is 0.246 e. The number of aromatic nitrogens is 2. The Bertz CT molecular complexity index is 691. The van der Waals surface area contributed by atoms with E-state index in [0.29, 0.717) is 19.0 Å². The minimum absolute atomic E-state index is 0.0157. The van der Waals surface area contributed by atoms with E-state index in [1.807, 2.05) is 22.9 Å². The molecule has 2 aromatic heterocycles. The lowest BCUT2D eigenvalue weighted by Gasteiger charge is -2.36. The molecule has 2 aromatic rings. The van der Waals surface area contributed by atoms with Crippen LogP contribution in [0.5, 0.6) is 0 Å². The lowest BCUT2D eigenvalue weighted by molar-refractivity contribution is -0.126. The Labute approximate surface area is 146 Å². The molecule has 0 aliphatic carbocycles. The fraction of sp³-hybridized carbons (Fsp3) is 0.556. The number of fused-ring (bicyclic) bond motifs is 1. The summed E-state index contributed by atoms with van der Waals surface area (Å²) in [4.78, 5) is 15.1. The molecule has 0 radical (unpaired) electrons. The van der Waals surface area contributed by atoms with Gasteiger partial charge in [0.1, 0.15) is 11.8 Å².